The van der Waals surface area contributed by atoms with Crippen LogP contribution in [0.4, 0.5) is 5.82 Å². The van der Waals surface area contributed by atoms with Gasteiger partial charge in [0.05, 0.1) is 5.54 Å². The van der Waals surface area contributed by atoms with E-state index in [0.717, 1.165) is 23.5 Å². The van der Waals surface area contributed by atoms with Crippen LogP contribution in [-0.4, -0.2) is 23.4 Å². The molecule has 2 rings (SSSR count). The highest BCUT2D eigenvalue weighted by Gasteiger charge is 2.26. The Morgan fingerprint density at radius 1 is 1.56 bits per heavy atom. The van der Waals surface area contributed by atoms with E-state index in [-0.39, 0.29) is 5.54 Å². The molecule has 2 heterocycles. The molecule has 0 aromatic carbocycles. The summed E-state index contributed by atoms with van der Waals surface area (Å²) in [6, 6.07) is 3.81. The Balaban J connectivity index is 2.20. The second kappa shape index (κ2) is 4.12. The van der Waals surface area contributed by atoms with Gasteiger partial charge < -0.3 is 14.8 Å². The van der Waals surface area contributed by atoms with Crippen LogP contribution in [0.15, 0.2) is 12.1 Å². The average Bonchev–Trinajstić information content (AvgIpc) is 2.24. The molecule has 1 aromatic rings. The number of pyridine rings is 1. The standard InChI is InChI=1S/C12H16N2O2/c1-12(2)8-16-10-6-5-9(4-3-7-15)13-11(10)14-12/h5-7H,3-4,8H2,1-2H3,(H,13,14). The van der Waals surface area contributed by atoms with Crippen LogP contribution in [0.1, 0.15) is 26.0 Å². The van der Waals surface area contributed by atoms with Gasteiger partial charge in [0.1, 0.15) is 12.9 Å². The summed E-state index contributed by atoms with van der Waals surface area (Å²) in [5.74, 6) is 1.56. The number of nitrogens with one attached hydrogen (secondary N) is 1. The van der Waals surface area contributed by atoms with Crippen molar-refractivity contribution >= 4 is 12.1 Å². The third-order valence-corrected chi connectivity index (χ3v) is 2.48. The van der Waals surface area contributed by atoms with Gasteiger partial charge in [-0.2, -0.15) is 0 Å². The molecule has 86 valence electrons. The van der Waals surface area contributed by atoms with Crippen LogP contribution in [0.25, 0.3) is 0 Å². The molecule has 16 heavy (non-hydrogen) atoms. The molecule has 0 aliphatic carbocycles. The monoisotopic (exact) mass is 220 g/mol. The molecule has 0 saturated heterocycles. The summed E-state index contributed by atoms with van der Waals surface area (Å²) >= 11 is 0. The Morgan fingerprint density at radius 2 is 2.38 bits per heavy atom. The minimum absolute atomic E-state index is 0.0940. The van der Waals surface area contributed by atoms with Crippen molar-refractivity contribution in [1.29, 1.82) is 0 Å². The van der Waals surface area contributed by atoms with E-state index < -0.39 is 0 Å². The van der Waals surface area contributed by atoms with Gasteiger partial charge in [-0.25, -0.2) is 4.98 Å². The van der Waals surface area contributed by atoms with E-state index in [1.165, 1.54) is 0 Å². The highest BCUT2D eigenvalue weighted by atomic mass is 16.5. The predicted octanol–water partition coefficient (Wildman–Crippen LogP) is 1.80. The highest BCUT2D eigenvalue weighted by molar-refractivity contribution is 5.55. The van der Waals surface area contributed by atoms with Crippen LogP contribution in [0.5, 0.6) is 5.75 Å². The van der Waals surface area contributed by atoms with Crippen LogP contribution in [-0.2, 0) is 11.2 Å². The minimum atomic E-state index is -0.0940. The summed E-state index contributed by atoms with van der Waals surface area (Å²) in [6.45, 7) is 4.76. The first-order valence-electron chi connectivity index (χ1n) is 5.45. The average molecular weight is 220 g/mol. The number of aromatic nitrogens is 1. The topological polar surface area (TPSA) is 51.2 Å². The lowest BCUT2D eigenvalue weighted by molar-refractivity contribution is -0.107. The van der Waals surface area contributed by atoms with Gasteiger partial charge in [0.15, 0.2) is 11.6 Å². The molecular formula is C12H16N2O2. The van der Waals surface area contributed by atoms with Gasteiger partial charge >= 0.3 is 0 Å². The molecule has 0 amide bonds. The Kier molecular flexibility index (Phi) is 2.81. The van der Waals surface area contributed by atoms with Crippen LogP contribution in [0.3, 0.4) is 0 Å². The van der Waals surface area contributed by atoms with Gasteiger partial charge in [0.2, 0.25) is 0 Å². The van der Waals surface area contributed by atoms with Crippen LogP contribution < -0.4 is 10.1 Å². The molecule has 0 radical (unpaired) electrons. The number of ether oxygens (including phenoxy) is 1. The Labute approximate surface area is 95.0 Å². The second-order valence-corrected chi connectivity index (χ2v) is 4.65. The quantitative estimate of drug-likeness (QED) is 0.789. The number of aryl methyl sites for hydroxylation is 1. The van der Waals surface area contributed by atoms with Crippen LogP contribution in [0.2, 0.25) is 0 Å². The summed E-state index contributed by atoms with van der Waals surface area (Å²) < 4.78 is 5.60. The summed E-state index contributed by atoms with van der Waals surface area (Å²) in [6.07, 6.45) is 2.10. The van der Waals surface area contributed by atoms with Crippen molar-refractivity contribution in [3.8, 4) is 5.75 Å². The SMILES string of the molecule is CC1(C)COc2ccc(CCC=O)nc2N1. The zero-order valence-corrected chi connectivity index (χ0v) is 9.62. The fourth-order valence-electron chi connectivity index (χ4n) is 1.65. The molecule has 0 bridgehead atoms. The number of rotatable bonds is 3. The number of nitrogens with zero attached hydrogens (tertiary/aromatic N) is 1. The third kappa shape index (κ3) is 2.32. The summed E-state index contributed by atoms with van der Waals surface area (Å²) in [5, 5.41) is 3.33. The molecule has 0 atom stereocenters. The number of hydrogen-bond donors (Lipinski definition) is 1. The number of anilines is 1. The molecule has 1 aromatic heterocycles. The van der Waals surface area contributed by atoms with Crippen molar-refractivity contribution in [2.24, 2.45) is 0 Å². The van der Waals surface area contributed by atoms with Gasteiger partial charge in [-0.05, 0) is 32.4 Å². The summed E-state index contributed by atoms with van der Waals surface area (Å²) in [4.78, 5) is 14.8. The smallest absolute Gasteiger partial charge is 0.169 e. The Bertz CT molecular complexity index is 402. The molecule has 1 aliphatic heterocycles. The lowest BCUT2D eigenvalue weighted by Crippen LogP contribution is -2.41. The summed E-state index contributed by atoms with van der Waals surface area (Å²) in [7, 11) is 0. The maximum atomic E-state index is 10.3. The van der Waals surface area contributed by atoms with E-state index in [1.54, 1.807) is 0 Å². The number of fused-ring (bicyclic) bond motifs is 1. The molecule has 0 fully saturated rings. The molecule has 4 nitrogen and oxygen atoms in total. The maximum Gasteiger partial charge on any atom is 0.169 e. The first kappa shape index (κ1) is 10.9. The van der Waals surface area contributed by atoms with Gasteiger partial charge in [-0.1, -0.05) is 0 Å². The van der Waals surface area contributed by atoms with Crippen molar-refractivity contribution < 1.29 is 9.53 Å². The maximum absolute atomic E-state index is 10.3. The van der Waals surface area contributed by atoms with Gasteiger partial charge in [-0.15, -0.1) is 0 Å². The zero-order valence-electron chi connectivity index (χ0n) is 9.62. The van der Waals surface area contributed by atoms with Crippen molar-refractivity contribution in [1.82, 2.24) is 4.98 Å². The van der Waals surface area contributed by atoms with E-state index in [0.29, 0.717) is 19.4 Å². The van der Waals surface area contributed by atoms with E-state index >= 15 is 0 Å². The Hall–Kier alpha value is -1.58. The zero-order chi connectivity index (χ0) is 11.6. The fraction of sp³-hybridized carbons (Fsp3) is 0.500. The van der Waals surface area contributed by atoms with Gasteiger partial charge in [0.25, 0.3) is 0 Å². The van der Waals surface area contributed by atoms with E-state index in [9.17, 15) is 4.79 Å². The van der Waals surface area contributed by atoms with Crippen molar-refractivity contribution in [2.75, 3.05) is 11.9 Å². The third-order valence-electron chi connectivity index (χ3n) is 2.48. The predicted molar refractivity (Wildman–Crippen MR) is 61.8 cm³/mol. The molecule has 0 spiro atoms. The van der Waals surface area contributed by atoms with Crippen molar-refractivity contribution in [2.45, 2.75) is 32.2 Å². The lowest BCUT2D eigenvalue weighted by atomic mass is 10.1. The largest absolute Gasteiger partial charge is 0.487 e. The molecule has 0 unspecified atom stereocenters. The molecular weight excluding hydrogens is 204 g/mol. The Morgan fingerprint density at radius 3 is 3.12 bits per heavy atom. The van der Waals surface area contributed by atoms with Crippen LogP contribution >= 0.6 is 0 Å². The van der Waals surface area contributed by atoms with Crippen molar-refractivity contribution in [3.05, 3.63) is 17.8 Å². The van der Waals surface area contributed by atoms with Crippen molar-refractivity contribution in [3.63, 3.8) is 0 Å². The van der Waals surface area contributed by atoms with E-state index in [4.69, 9.17) is 4.74 Å². The summed E-state index contributed by atoms with van der Waals surface area (Å²) in [5.41, 5.74) is 0.822. The normalized spacial score (nSPS) is 16.9. The fourth-order valence-corrected chi connectivity index (χ4v) is 1.65. The molecule has 4 heteroatoms. The number of hydrogen-bond acceptors (Lipinski definition) is 4. The minimum Gasteiger partial charge on any atom is -0.487 e. The first-order chi connectivity index (χ1) is 7.61. The van der Waals surface area contributed by atoms with E-state index in [2.05, 4.69) is 24.1 Å². The number of carbonyl (C=O) groups excluding carboxylic acids is 1. The lowest BCUT2D eigenvalue weighted by Gasteiger charge is -2.32. The highest BCUT2D eigenvalue weighted by Crippen LogP contribution is 2.30. The van der Waals surface area contributed by atoms with E-state index in [1.807, 2.05) is 12.1 Å². The first-order valence-corrected chi connectivity index (χ1v) is 5.45. The number of aldehydes is 1. The molecule has 1 aliphatic rings. The molecule has 1 N–H and O–H groups in total. The van der Waals surface area contributed by atoms with Crippen LogP contribution in [0, 0.1) is 0 Å². The van der Waals surface area contributed by atoms with Gasteiger partial charge in [-0.3, -0.25) is 0 Å². The molecule has 0 saturated carbocycles. The number of carbonyl (C=O) groups is 1. The van der Waals surface area contributed by atoms with Gasteiger partial charge in [0, 0.05) is 12.1 Å². The second-order valence-electron chi connectivity index (χ2n) is 4.65.